The molecule has 0 amide bonds. The van der Waals surface area contributed by atoms with E-state index in [9.17, 15) is 5.11 Å². The largest absolute Gasteiger partial charge is 0.491 e. The molecule has 0 fully saturated rings. The number of para-hydroxylation sites is 1. The average molecular weight is 318 g/mol. The number of rotatable bonds is 3. The maximum Gasteiger partial charge on any atom is 0.148 e. The molecule has 0 aliphatic carbocycles. The van der Waals surface area contributed by atoms with E-state index < -0.39 is 6.10 Å². The van der Waals surface area contributed by atoms with Crippen LogP contribution in [0.1, 0.15) is 48.7 Å². The summed E-state index contributed by atoms with van der Waals surface area (Å²) in [6.07, 6.45) is 2.18. The number of nitrogens with one attached hydrogen (secondary N) is 1. The number of nitrogens with zero attached hydrogens (tertiary/aromatic N) is 1. The van der Waals surface area contributed by atoms with Gasteiger partial charge in [-0.1, -0.05) is 32.9 Å². The maximum atomic E-state index is 10.0. The third-order valence-electron chi connectivity index (χ3n) is 3.77. The van der Waals surface area contributed by atoms with Crippen molar-refractivity contribution < 1.29 is 9.84 Å². The Kier molecular flexibility index (Phi) is 4.10. The molecule has 2 aromatic rings. The summed E-state index contributed by atoms with van der Waals surface area (Å²) in [4.78, 5) is 5.77. The minimum Gasteiger partial charge on any atom is -0.491 e. The lowest BCUT2D eigenvalue weighted by atomic mass is 9.96. The van der Waals surface area contributed by atoms with Gasteiger partial charge in [-0.2, -0.15) is 0 Å². The van der Waals surface area contributed by atoms with Gasteiger partial charge in [0.1, 0.15) is 10.8 Å². The lowest BCUT2D eigenvalue weighted by molar-refractivity contribution is 0.116. The van der Waals surface area contributed by atoms with Crippen LogP contribution in [0.5, 0.6) is 5.75 Å². The topological polar surface area (TPSA) is 54.4 Å². The zero-order valence-electron chi connectivity index (χ0n) is 13.2. The van der Waals surface area contributed by atoms with Crippen molar-refractivity contribution in [2.75, 3.05) is 11.9 Å². The highest BCUT2D eigenvalue weighted by Gasteiger charge is 2.22. The molecule has 0 saturated heterocycles. The van der Waals surface area contributed by atoms with E-state index in [1.54, 1.807) is 11.3 Å². The van der Waals surface area contributed by atoms with Gasteiger partial charge in [-0.05, 0) is 11.5 Å². The average Bonchev–Trinajstić information content (AvgIpc) is 2.95. The van der Waals surface area contributed by atoms with E-state index in [1.807, 2.05) is 24.4 Å². The van der Waals surface area contributed by atoms with Crippen LogP contribution >= 0.6 is 11.3 Å². The second-order valence-corrected chi connectivity index (χ2v) is 7.71. The summed E-state index contributed by atoms with van der Waals surface area (Å²) in [7, 11) is 0. The highest BCUT2D eigenvalue weighted by molar-refractivity contribution is 7.11. The van der Waals surface area contributed by atoms with Gasteiger partial charge in [0.2, 0.25) is 0 Å². The molecule has 1 aliphatic rings. The van der Waals surface area contributed by atoms with Crippen molar-refractivity contribution in [3.63, 3.8) is 0 Å². The van der Waals surface area contributed by atoms with Gasteiger partial charge in [0.15, 0.2) is 0 Å². The molecule has 2 heterocycles. The van der Waals surface area contributed by atoms with Gasteiger partial charge in [-0.3, -0.25) is 0 Å². The molecule has 0 bridgehead atoms. The molecule has 4 nitrogen and oxygen atoms in total. The van der Waals surface area contributed by atoms with Gasteiger partial charge in [-0.15, -0.1) is 11.3 Å². The molecule has 2 N–H and O–H groups in total. The van der Waals surface area contributed by atoms with Crippen LogP contribution < -0.4 is 10.1 Å². The Hall–Kier alpha value is -1.59. The lowest BCUT2D eigenvalue weighted by Crippen LogP contribution is -2.15. The normalized spacial score (nSPS) is 17.7. The molecule has 1 atom stereocenters. The molecular formula is C17H22N2O2S. The van der Waals surface area contributed by atoms with Crippen LogP contribution in [0.4, 0.5) is 5.69 Å². The first-order valence-electron chi connectivity index (χ1n) is 7.58. The van der Waals surface area contributed by atoms with Gasteiger partial charge >= 0.3 is 0 Å². The van der Waals surface area contributed by atoms with Crippen molar-refractivity contribution in [1.82, 2.24) is 4.98 Å². The molecule has 0 unspecified atom stereocenters. The lowest BCUT2D eigenvalue weighted by Gasteiger charge is -2.24. The molecular weight excluding hydrogens is 296 g/mol. The summed E-state index contributed by atoms with van der Waals surface area (Å²) in [5.74, 6) is 0.772. The summed E-state index contributed by atoms with van der Waals surface area (Å²) in [6.45, 7) is 7.80. The molecule has 0 saturated carbocycles. The number of anilines is 1. The zero-order valence-corrected chi connectivity index (χ0v) is 14.0. The predicted molar refractivity (Wildman–Crippen MR) is 89.7 cm³/mol. The first-order chi connectivity index (χ1) is 10.4. The summed E-state index contributed by atoms with van der Waals surface area (Å²) in [5.41, 5.74) is 1.92. The molecule has 0 radical (unpaired) electrons. The Morgan fingerprint density at radius 3 is 2.95 bits per heavy atom. The van der Waals surface area contributed by atoms with Crippen molar-refractivity contribution >= 4 is 17.0 Å². The number of benzene rings is 1. The number of ether oxygens (including phenoxy) is 1. The number of hydrogen-bond acceptors (Lipinski definition) is 5. The third kappa shape index (κ3) is 3.10. The molecule has 1 aliphatic heterocycles. The Labute approximate surface area is 135 Å². The second kappa shape index (κ2) is 5.89. The van der Waals surface area contributed by atoms with Crippen LogP contribution in [-0.2, 0) is 12.0 Å². The molecule has 22 heavy (non-hydrogen) atoms. The Morgan fingerprint density at radius 1 is 1.41 bits per heavy atom. The molecule has 3 rings (SSSR count). The van der Waals surface area contributed by atoms with Gasteiger partial charge < -0.3 is 15.2 Å². The van der Waals surface area contributed by atoms with E-state index in [2.05, 4.69) is 31.1 Å². The number of aliphatic hydroxyl groups is 1. The molecule has 1 aromatic heterocycles. The van der Waals surface area contributed by atoms with E-state index in [-0.39, 0.29) is 5.41 Å². The zero-order chi connectivity index (χ0) is 15.7. The minimum absolute atomic E-state index is 0.134. The van der Waals surface area contributed by atoms with E-state index in [0.717, 1.165) is 22.0 Å². The standard InChI is InChI=1S/C17H22N2O2S/c1-17(2,3)14-9-19-15(22-14)10-18-12-6-4-5-11-13(20)7-8-21-16(11)12/h4-6,9,13,18,20H,7-8,10H2,1-3H3/t13-/m0/s1. The van der Waals surface area contributed by atoms with E-state index in [4.69, 9.17) is 4.74 Å². The molecule has 1 aromatic carbocycles. The van der Waals surface area contributed by atoms with Crippen LogP contribution in [-0.4, -0.2) is 16.7 Å². The SMILES string of the molecule is CC(C)(C)c1cnc(CNc2cccc3c2OCC[C@@H]3O)s1. The van der Waals surface area contributed by atoms with E-state index in [0.29, 0.717) is 19.6 Å². The smallest absolute Gasteiger partial charge is 0.148 e. The van der Waals surface area contributed by atoms with Crippen molar-refractivity contribution in [2.24, 2.45) is 0 Å². The first-order valence-corrected chi connectivity index (χ1v) is 8.39. The summed E-state index contributed by atoms with van der Waals surface area (Å²) < 4.78 is 5.73. The van der Waals surface area contributed by atoms with Crippen LogP contribution in [0.25, 0.3) is 0 Å². The van der Waals surface area contributed by atoms with Gasteiger partial charge in [0, 0.05) is 23.1 Å². The highest BCUT2D eigenvalue weighted by Crippen LogP contribution is 2.38. The summed E-state index contributed by atoms with van der Waals surface area (Å²) in [5, 5.41) is 14.5. The Morgan fingerprint density at radius 2 is 2.23 bits per heavy atom. The number of fused-ring (bicyclic) bond motifs is 1. The van der Waals surface area contributed by atoms with Crippen LogP contribution in [0.2, 0.25) is 0 Å². The minimum atomic E-state index is -0.433. The van der Waals surface area contributed by atoms with E-state index >= 15 is 0 Å². The fourth-order valence-electron chi connectivity index (χ4n) is 2.46. The van der Waals surface area contributed by atoms with E-state index in [1.165, 1.54) is 4.88 Å². The van der Waals surface area contributed by atoms with Gasteiger partial charge in [0.05, 0.1) is 24.9 Å². The fourth-order valence-corrected chi connectivity index (χ4v) is 3.37. The highest BCUT2D eigenvalue weighted by atomic mass is 32.1. The fraction of sp³-hybridized carbons (Fsp3) is 0.471. The monoisotopic (exact) mass is 318 g/mol. The predicted octanol–water partition coefficient (Wildman–Crippen LogP) is 3.87. The molecule has 0 spiro atoms. The van der Waals surface area contributed by atoms with Crippen LogP contribution in [0.15, 0.2) is 24.4 Å². The number of aromatic nitrogens is 1. The van der Waals surface area contributed by atoms with Crippen molar-refractivity contribution in [1.29, 1.82) is 0 Å². The van der Waals surface area contributed by atoms with Crippen molar-refractivity contribution in [3.05, 3.63) is 39.8 Å². The van der Waals surface area contributed by atoms with Crippen LogP contribution in [0.3, 0.4) is 0 Å². The van der Waals surface area contributed by atoms with Crippen LogP contribution in [0, 0.1) is 0 Å². The Balaban J connectivity index is 1.75. The van der Waals surface area contributed by atoms with Gasteiger partial charge in [0.25, 0.3) is 0 Å². The summed E-state index contributed by atoms with van der Waals surface area (Å²) >= 11 is 1.73. The third-order valence-corrected chi connectivity index (χ3v) is 5.19. The molecule has 118 valence electrons. The maximum absolute atomic E-state index is 10.0. The van der Waals surface area contributed by atoms with Crippen molar-refractivity contribution in [3.8, 4) is 5.75 Å². The quantitative estimate of drug-likeness (QED) is 0.902. The van der Waals surface area contributed by atoms with Crippen molar-refractivity contribution in [2.45, 2.75) is 45.3 Å². The first kappa shape index (κ1) is 15.3. The number of thiazole rings is 1. The second-order valence-electron chi connectivity index (χ2n) is 6.60. The Bertz CT molecular complexity index is 661. The number of aliphatic hydroxyl groups excluding tert-OH is 1. The number of hydrogen-bond donors (Lipinski definition) is 2. The molecule has 5 heteroatoms. The summed E-state index contributed by atoms with van der Waals surface area (Å²) in [6, 6.07) is 5.85. The van der Waals surface area contributed by atoms with Gasteiger partial charge in [-0.25, -0.2) is 4.98 Å².